The standard InChI is InChI=1S/C15H20N4O2/c1-2-11-6-7-18(13(8-11)10-17)14-5-3-4-12(9-16)15(14)19(20)21/h3-5,11,13H,2,6-8,10,17H2,1H3. The lowest BCUT2D eigenvalue weighted by Crippen LogP contribution is -2.47. The first-order valence-electron chi connectivity index (χ1n) is 7.26. The Morgan fingerprint density at radius 2 is 2.33 bits per heavy atom. The van der Waals surface area contributed by atoms with E-state index < -0.39 is 4.92 Å². The van der Waals surface area contributed by atoms with E-state index in [4.69, 9.17) is 11.0 Å². The monoisotopic (exact) mass is 288 g/mol. The molecule has 1 saturated heterocycles. The van der Waals surface area contributed by atoms with Gasteiger partial charge in [0.15, 0.2) is 0 Å². The maximum atomic E-state index is 11.4. The van der Waals surface area contributed by atoms with Crippen LogP contribution in [0, 0.1) is 27.4 Å². The highest BCUT2D eigenvalue weighted by Gasteiger charge is 2.32. The van der Waals surface area contributed by atoms with E-state index in [9.17, 15) is 10.1 Å². The van der Waals surface area contributed by atoms with E-state index in [0.29, 0.717) is 18.2 Å². The van der Waals surface area contributed by atoms with Crippen LogP contribution < -0.4 is 10.6 Å². The van der Waals surface area contributed by atoms with Gasteiger partial charge in [-0.25, -0.2) is 0 Å². The van der Waals surface area contributed by atoms with E-state index in [1.54, 1.807) is 12.1 Å². The average Bonchev–Trinajstić information content (AvgIpc) is 2.53. The van der Waals surface area contributed by atoms with E-state index >= 15 is 0 Å². The number of piperidine rings is 1. The summed E-state index contributed by atoms with van der Waals surface area (Å²) in [6.45, 7) is 3.37. The van der Waals surface area contributed by atoms with Gasteiger partial charge in [0.05, 0.1) is 4.92 Å². The lowest BCUT2D eigenvalue weighted by molar-refractivity contribution is -0.384. The molecule has 6 nitrogen and oxygen atoms in total. The Morgan fingerprint density at radius 1 is 1.57 bits per heavy atom. The van der Waals surface area contributed by atoms with Gasteiger partial charge in [-0.2, -0.15) is 5.26 Å². The molecule has 2 unspecified atom stereocenters. The largest absolute Gasteiger partial charge is 0.362 e. The van der Waals surface area contributed by atoms with Gasteiger partial charge in [0.1, 0.15) is 17.3 Å². The number of nitriles is 1. The first kappa shape index (κ1) is 15.3. The summed E-state index contributed by atoms with van der Waals surface area (Å²) >= 11 is 0. The topological polar surface area (TPSA) is 96.2 Å². The molecule has 1 aliphatic rings. The molecular weight excluding hydrogens is 268 g/mol. The van der Waals surface area contributed by atoms with Crippen LogP contribution in [0.3, 0.4) is 0 Å². The van der Waals surface area contributed by atoms with E-state index in [0.717, 1.165) is 25.8 Å². The van der Waals surface area contributed by atoms with E-state index in [-0.39, 0.29) is 17.3 Å². The summed E-state index contributed by atoms with van der Waals surface area (Å²) < 4.78 is 0. The number of hydrogen-bond donors (Lipinski definition) is 1. The van der Waals surface area contributed by atoms with Crippen molar-refractivity contribution in [3.63, 3.8) is 0 Å². The van der Waals surface area contributed by atoms with Gasteiger partial charge in [-0.3, -0.25) is 10.1 Å². The van der Waals surface area contributed by atoms with E-state index in [1.165, 1.54) is 6.07 Å². The zero-order valence-corrected chi connectivity index (χ0v) is 12.2. The number of nitro groups is 1. The molecule has 2 N–H and O–H groups in total. The smallest absolute Gasteiger partial charge is 0.310 e. The second kappa shape index (κ2) is 6.55. The molecule has 6 heteroatoms. The third kappa shape index (κ3) is 2.98. The van der Waals surface area contributed by atoms with E-state index in [1.807, 2.05) is 11.0 Å². The summed E-state index contributed by atoms with van der Waals surface area (Å²) in [5.41, 5.74) is 6.39. The Bertz CT molecular complexity index is 567. The predicted molar refractivity (Wildman–Crippen MR) is 81.0 cm³/mol. The number of anilines is 1. The molecule has 1 fully saturated rings. The van der Waals surface area contributed by atoms with Crippen LogP contribution in [0.25, 0.3) is 0 Å². The third-order valence-corrected chi connectivity index (χ3v) is 4.30. The van der Waals surface area contributed by atoms with Crippen LogP contribution in [0.15, 0.2) is 18.2 Å². The molecule has 1 heterocycles. The number of nitrogens with zero attached hydrogens (tertiary/aromatic N) is 3. The van der Waals surface area contributed by atoms with Crippen molar-refractivity contribution in [2.75, 3.05) is 18.0 Å². The van der Waals surface area contributed by atoms with Crippen molar-refractivity contribution in [3.05, 3.63) is 33.9 Å². The average molecular weight is 288 g/mol. The van der Waals surface area contributed by atoms with Crippen molar-refractivity contribution in [1.82, 2.24) is 0 Å². The van der Waals surface area contributed by atoms with Gasteiger partial charge >= 0.3 is 5.69 Å². The van der Waals surface area contributed by atoms with Crippen molar-refractivity contribution in [2.24, 2.45) is 11.7 Å². The van der Waals surface area contributed by atoms with Gasteiger partial charge in [0.2, 0.25) is 0 Å². The van der Waals surface area contributed by atoms with Crippen molar-refractivity contribution in [3.8, 4) is 6.07 Å². The number of nitrogens with two attached hydrogens (primary N) is 1. The Morgan fingerprint density at radius 3 is 2.90 bits per heavy atom. The molecule has 0 spiro atoms. The van der Waals surface area contributed by atoms with Crippen LogP contribution in [0.5, 0.6) is 0 Å². The summed E-state index contributed by atoms with van der Waals surface area (Å²) in [6, 6.07) is 6.90. The molecule has 112 valence electrons. The Kier molecular flexibility index (Phi) is 4.76. The lowest BCUT2D eigenvalue weighted by Gasteiger charge is -2.40. The Balaban J connectivity index is 2.42. The molecule has 0 aromatic heterocycles. The summed E-state index contributed by atoms with van der Waals surface area (Å²) in [5, 5.41) is 20.5. The molecule has 0 radical (unpaired) electrons. The van der Waals surface area contributed by atoms with Crippen LogP contribution in [-0.4, -0.2) is 24.1 Å². The highest BCUT2D eigenvalue weighted by atomic mass is 16.6. The number of benzene rings is 1. The molecule has 1 aromatic carbocycles. The first-order valence-corrected chi connectivity index (χ1v) is 7.26. The van der Waals surface area contributed by atoms with Crippen LogP contribution in [0.1, 0.15) is 31.7 Å². The lowest BCUT2D eigenvalue weighted by atomic mass is 9.88. The van der Waals surface area contributed by atoms with Crippen LogP contribution >= 0.6 is 0 Å². The zero-order valence-electron chi connectivity index (χ0n) is 12.2. The van der Waals surface area contributed by atoms with Crippen molar-refractivity contribution < 1.29 is 4.92 Å². The second-order valence-electron chi connectivity index (χ2n) is 5.42. The van der Waals surface area contributed by atoms with Crippen LogP contribution in [-0.2, 0) is 0 Å². The van der Waals surface area contributed by atoms with Gasteiger partial charge in [-0.15, -0.1) is 0 Å². The quantitative estimate of drug-likeness (QED) is 0.678. The van der Waals surface area contributed by atoms with Crippen molar-refractivity contribution in [2.45, 2.75) is 32.2 Å². The van der Waals surface area contributed by atoms with E-state index in [2.05, 4.69) is 6.92 Å². The fraction of sp³-hybridized carbons (Fsp3) is 0.533. The molecule has 21 heavy (non-hydrogen) atoms. The molecule has 0 aliphatic carbocycles. The van der Waals surface area contributed by atoms with Gasteiger partial charge in [-0.1, -0.05) is 19.4 Å². The molecule has 1 aliphatic heterocycles. The molecule has 1 aromatic rings. The number of rotatable bonds is 4. The molecular formula is C15H20N4O2. The van der Waals surface area contributed by atoms with Crippen LogP contribution in [0.2, 0.25) is 0 Å². The van der Waals surface area contributed by atoms with Crippen molar-refractivity contribution in [1.29, 1.82) is 5.26 Å². The summed E-state index contributed by atoms with van der Waals surface area (Å²) in [4.78, 5) is 12.9. The van der Waals surface area contributed by atoms with Gasteiger partial charge < -0.3 is 10.6 Å². The molecule has 2 atom stereocenters. The summed E-state index contributed by atoms with van der Waals surface area (Å²) in [7, 11) is 0. The minimum Gasteiger partial charge on any atom is -0.362 e. The Labute approximate surface area is 124 Å². The maximum Gasteiger partial charge on any atom is 0.310 e. The SMILES string of the molecule is CCC1CCN(c2cccc(C#N)c2[N+](=O)[O-])C(CN)C1. The third-order valence-electron chi connectivity index (χ3n) is 4.30. The second-order valence-corrected chi connectivity index (χ2v) is 5.42. The van der Waals surface area contributed by atoms with Gasteiger partial charge in [0.25, 0.3) is 0 Å². The number of nitro benzene ring substituents is 1. The highest BCUT2D eigenvalue weighted by Crippen LogP contribution is 2.36. The molecule has 2 rings (SSSR count). The summed E-state index contributed by atoms with van der Waals surface area (Å²) in [5.74, 6) is 0.619. The van der Waals surface area contributed by atoms with Gasteiger partial charge in [0, 0.05) is 19.1 Å². The first-order chi connectivity index (χ1) is 10.1. The maximum absolute atomic E-state index is 11.4. The van der Waals surface area contributed by atoms with Gasteiger partial charge in [-0.05, 0) is 30.9 Å². The minimum atomic E-state index is -0.465. The zero-order chi connectivity index (χ0) is 15.4. The summed E-state index contributed by atoms with van der Waals surface area (Å²) in [6.07, 6.45) is 3.05. The fourth-order valence-corrected chi connectivity index (χ4v) is 3.09. The molecule has 0 saturated carbocycles. The minimum absolute atomic E-state index is 0.0938. The fourth-order valence-electron chi connectivity index (χ4n) is 3.09. The predicted octanol–water partition coefficient (Wildman–Crippen LogP) is 2.42. The normalized spacial score (nSPS) is 21.9. The number of para-hydroxylation sites is 1. The van der Waals surface area contributed by atoms with Crippen LogP contribution in [0.4, 0.5) is 11.4 Å². The number of hydrogen-bond acceptors (Lipinski definition) is 5. The highest BCUT2D eigenvalue weighted by molar-refractivity contribution is 5.70. The molecule has 0 amide bonds. The van der Waals surface area contributed by atoms with Crippen molar-refractivity contribution >= 4 is 11.4 Å². The Hall–Kier alpha value is -2.13. The molecule has 0 bridgehead atoms.